The number of hydrogen-bond acceptors (Lipinski definition) is 5. The van der Waals surface area contributed by atoms with Gasteiger partial charge in [0, 0.05) is 36.3 Å². The molecular weight excluding hydrogens is 440 g/mol. The van der Waals surface area contributed by atoms with E-state index in [-0.39, 0.29) is 11.8 Å². The SMILES string of the molecule is CCN1CCCC1CNC(=O)c1ccc(Oc2ccc(C(=O)NCC3CCCN3CC)cc2)cc1. The van der Waals surface area contributed by atoms with E-state index < -0.39 is 0 Å². The summed E-state index contributed by atoms with van der Waals surface area (Å²) < 4.78 is 5.91. The second-order valence-electron chi connectivity index (χ2n) is 9.42. The van der Waals surface area contributed by atoms with Crippen LogP contribution in [0.25, 0.3) is 0 Å². The molecule has 0 spiro atoms. The standard InChI is InChI=1S/C28H38N4O3/c1-3-31-17-5-7-23(31)19-29-27(33)21-9-13-25(14-10-21)35-26-15-11-22(12-16-26)28(34)30-20-24-8-6-18-32(24)4-2/h9-16,23-24H,3-8,17-20H2,1-2H3,(H,29,33)(H,30,34). The molecule has 2 fully saturated rings. The highest BCUT2D eigenvalue weighted by Crippen LogP contribution is 2.23. The molecule has 2 amide bonds. The Kier molecular flexibility index (Phi) is 8.77. The summed E-state index contributed by atoms with van der Waals surface area (Å²) in [6.45, 7) is 9.98. The lowest BCUT2D eigenvalue weighted by molar-refractivity contribution is 0.0933. The van der Waals surface area contributed by atoms with Crippen molar-refractivity contribution in [2.45, 2.75) is 51.6 Å². The third-order valence-electron chi connectivity index (χ3n) is 7.28. The van der Waals surface area contributed by atoms with Crippen LogP contribution in [0.3, 0.4) is 0 Å². The summed E-state index contributed by atoms with van der Waals surface area (Å²) in [5.41, 5.74) is 1.24. The molecule has 2 saturated heterocycles. The molecule has 0 aliphatic carbocycles. The van der Waals surface area contributed by atoms with Crippen LogP contribution in [-0.4, -0.2) is 73.0 Å². The van der Waals surface area contributed by atoms with Gasteiger partial charge in [-0.2, -0.15) is 0 Å². The number of carbonyl (C=O) groups excluding carboxylic acids is 2. The molecule has 2 aliphatic rings. The van der Waals surface area contributed by atoms with E-state index >= 15 is 0 Å². The van der Waals surface area contributed by atoms with Gasteiger partial charge in [-0.3, -0.25) is 19.4 Å². The Morgan fingerprint density at radius 1 is 0.743 bits per heavy atom. The van der Waals surface area contributed by atoms with Crippen molar-refractivity contribution in [1.29, 1.82) is 0 Å². The van der Waals surface area contributed by atoms with Crippen molar-refractivity contribution in [2.24, 2.45) is 0 Å². The van der Waals surface area contributed by atoms with Gasteiger partial charge < -0.3 is 15.4 Å². The van der Waals surface area contributed by atoms with Crippen molar-refractivity contribution in [3.8, 4) is 11.5 Å². The zero-order valence-electron chi connectivity index (χ0n) is 21.0. The minimum Gasteiger partial charge on any atom is -0.457 e. The number of likely N-dealkylation sites (tertiary alicyclic amines) is 2. The van der Waals surface area contributed by atoms with Crippen LogP contribution >= 0.6 is 0 Å². The number of rotatable bonds is 10. The molecule has 188 valence electrons. The van der Waals surface area contributed by atoms with E-state index in [4.69, 9.17) is 4.74 Å². The number of likely N-dealkylation sites (N-methyl/N-ethyl adjacent to an activating group) is 2. The minimum absolute atomic E-state index is 0.0606. The monoisotopic (exact) mass is 478 g/mol. The minimum atomic E-state index is -0.0606. The normalized spacial score (nSPS) is 20.6. The highest BCUT2D eigenvalue weighted by Gasteiger charge is 2.24. The first kappa shape index (κ1) is 25.2. The summed E-state index contributed by atoms with van der Waals surface area (Å²) in [7, 11) is 0. The van der Waals surface area contributed by atoms with Gasteiger partial charge in [-0.15, -0.1) is 0 Å². The van der Waals surface area contributed by atoms with Crippen LogP contribution in [0.1, 0.15) is 60.2 Å². The Labute approximate surface area is 208 Å². The molecule has 7 heteroatoms. The molecule has 2 aliphatic heterocycles. The lowest BCUT2D eigenvalue weighted by Gasteiger charge is -2.22. The van der Waals surface area contributed by atoms with Gasteiger partial charge in [-0.1, -0.05) is 13.8 Å². The quantitative estimate of drug-likeness (QED) is 0.542. The summed E-state index contributed by atoms with van der Waals surface area (Å²) in [5.74, 6) is 1.17. The third kappa shape index (κ3) is 6.61. The van der Waals surface area contributed by atoms with Gasteiger partial charge in [-0.05, 0) is 100 Å². The molecule has 0 saturated carbocycles. The highest BCUT2D eigenvalue weighted by molar-refractivity contribution is 5.94. The van der Waals surface area contributed by atoms with Crippen LogP contribution in [0, 0.1) is 0 Å². The molecule has 0 radical (unpaired) electrons. The Bertz CT molecular complexity index is 897. The number of amides is 2. The fraction of sp³-hybridized carbons (Fsp3) is 0.500. The Morgan fingerprint density at radius 2 is 1.14 bits per heavy atom. The predicted molar refractivity (Wildman–Crippen MR) is 138 cm³/mol. The van der Waals surface area contributed by atoms with E-state index in [9.17, 15) is 9.59 Å². The predicted octanol–water partition coefficient (Wildman–Crippen LogP) is 3.91. The van der Waals surface area contributed by atoms with Crippen LogP contribution in [0.5, 0.6) is 11.5 Å². The van der Waals surface area contributed by atoms with Crippen LogP contribution in [-0.2, 0) is 0 Å². The molecule has 2 unspecified atom stereocenters. The molecule has 7 nitrogen and oxygen atoms in total. The average molecular weight is 479 g/mol. The van der Waals surface area contributed by atoms with Gasteiger partial charge in [0.15, 0.2) is 0 Å². The molecule has 0 bridgehead atoms. The van der Waals surface area contributed by atoms with E-state index in [0.717, 1.165) is 39.0 Å². The van der Waals surface area contributed by atoms with Crippen molar-refractivity contribution in [3.05, 3.63) is 59.7 Å². The first-order valence-electron chi connectivity index (χ1n) is 13.0. The zero-order valence-corrected chi connectivity index (χ0v) is 21.0. The first-order chi connectivity index (χ1) is 17.1. The van der Waals surface area contributed by atoms with E-state index in [2.05, 4.69) is 34.3 Å². The van der Waals surface area contributed by atoms with Crippen LogP contribution < -0.4 is 15.4 Å². The number of nitrogens with one attached hydrogen (secondary N) is 2. The van der Waals surface area contributed by atoms with Crippen molar-refractivity contribution in [2.75, 3.05) is 39.3 Å². The molecule has 35 heavy (non-hydrogen) atoms. The van der Waals surface area contributed by atoms with E-state index in [0.29, 0.717) is 47.8 Å². The largest absolute Gasteiger partial charge is 0.457 e. The van der Waals surface area contributed by atoms with Crippen LogP contribution in [0.15, 0.2) is 48.5 Å². The average Bonchev–Trinajstić information content (AvgIpc) is 3.55. The molecule has 0 aromatic heterocycles. The number of nitrogens with zero attached hydrogens (tertiary/aromatic N) is 2. The van der Waals surface area contributed by atoms with Crippen molar-refractivity contribution in [1.82, 2.24) is 20.4 Å². The number of ether oxygens (including phenoxy) is 1. The fourth-order valence-electron chi connectivity index (χ4n) is 5.20. The Morgan fingerprint density at radius 3 is 1.51 bits per heavy atom. The zero-order chi connectivity index (χ0) is 24.6. The molecule has 2 atom stereocenters. The summed E-state index contributed by atoms with van der Waals surface area (Å²) in [5, 5.41) is 6.13. The lowest BCUT2D eigenvalue weighted by Crippen LogP contribution is -2.40. The lowest BCUT2D eigenvalue weighted by atomic mass is 10.1. The van der Waals surface area contributed by atoms with Crippen LogP contribution in [0.4, 0.5) is 0 Å². The smallest absolute Gasteiger partial charge is 0.251 e. The topological polar surface area (TPSA) is 73.9 Å². The van der Waals surface area contributed by atoms with E-state index in [1.807, 2.05) is 0 Å². The molecule has 2 heterocycles. The van der Waals surface area contributed by atoms with Gasteiger partial charge in [0.2, 0.25) is 0 Å². The van der Waals surface area contributed by atoms with Gasteiger partial charge >= 0.3 is 0 Å². The molecular formula is C28H38N4O3. The second-order valence-corrected chi connectivity index (χ2v) is 9.42. The molecule has 2 aromatic carbocycles. The van der Waals surface area contributed by atoms with Crippen molar-refractivity contribution < 1.29 is 14.3 Å². The highest BCUT2D eigenvalue weighted by atomic mass is 16.5. The summed E-state index contributed by atoms with van der Waals surface area (Å²) in [4.78, 5) is 29.9. The number of carbonyl (C=O) groups is 2. The summed E-state index contributed by atoms with van der Waals surface area (Å²) >= 11 is 0. The Balaban J connectivity index is 1.24. The molecule has 4 rings (SSSR count). The second kappa shape index (κ2) is 12.2. The molecule has 2 N–H and O–H groups in total. The van der Waals surface area contributed by atoms with Gasteiger partial charge in [0.1, 0.15) is 11.5 Å². The number of benzene rings is 2. The maximum atomic E-state index is 12.5. The van der Waals surface area contributed by atoms with Gasteiger partial charge in [0.25, 0.3) is 11.8 Å². The van der Waals surface area contributed by atoms with Crippen LogP contribution in [0.2, 0.25) is 0 Å². The third-order valence-corrected chi connectivity index (χ3v) is 7.28. The van der Waals surface area contributed by atoms with E-state index in [1.165, 1.54) is 12.8 Å². The van der Waals surface area contributed by atoms with E-state index in [1.54, 1.807) is 48.5 Å². The molecule has 2 aromatic rings. The first-order valence-corrected chi connectivity index (χ1v) is 13.0. The van der Waals surface area contributed by atoms with Gasteiger partial charge in [-0.25, -0.2) is 0 Å². The summed E-state index contributed by atoms with van der Waals surface area (Å²) in [6.07, 6.45) is 4.67. The maximum Gasteiger partial charge on any atom is 0.251 e. The number of hydrogen-bond donors (Lipinski definition) is 2. The van der Waals surface area contributed by atoms with Gasteiger partial charge in [0.05, 0.1) is 0 Å². The Hall–Kier alpha value is -2.90. The van der Waals surface area contributed by atoms with Crippen molar-refractivity contribution >= 4 is 11.8 Å². The summed E-state index contributed by atoms with van der Waals surface area (Å²) in [6, 6.07) is 15.2. The fourth-order valence-corrected chi connectivity index (χ4v) is 5.20. The maximum absolute atomic E-state index is 12.5. The van der Waals surface area contributed by atoms with Crippen molar-refractivity contribution in [3.63, 3.8) is 0 Å².